The first-order chi connectivity index (χ1) is 18.3. The van der Waals surface area contributed by atoms with Crippen LogP contribution in [0.25, 0.3) is 65.1 Å². The SMILES string of the molecule is c1ccc(-c2cn3c(n2)sc2cccc(-c4ccc5c(c4)c4ccccc4n5-c4ccccc4)c23)cc1. The summed E-state index contributed by atoms with van der Waals surface area (Å²) in [5.41, 5.74) is 9.40. The Kier molecular flexibility index (Phi) is 4.39. The number of benzene rings is 5. The highest BCUT2D eigenvalue weighted by Gasteiger charge is 2.17. The molecule has 0 spiro atoms. The van der Waals surface area contributed by atoms with Crippen LogP contribution in [0.1, 0.15) is 0 Å². The summed E-state index contributed by atoms with van der Waals surface area (Å²) in [6.07, 6.45) is 2.17. The van der Waals surface area contributed by atoms with Crippen molar-refractivity contribution >= 4 is 48.3 Å². The fraction of sp³-hybridized carbons (Fsp3) is 0. The molecular formula is C33H21N3S. The van der Waals surface area contributed by atoms with Gasteiger partial charge in [-0.2, -0.15) is 0 Å². The maximum absolute atomic E-state index is 4.96. The minimum atomic E-state index is 1.00. The van der Waals surface area contributed by atoms with Crippen LogP contribution < -0.4 is 0 Å². The smallest absolute Gasteiger partial charge is 0.195 e. The van der Waals surface area contributed by atoms with E-state index < -0.39 is 0 Å². The van der Waals surface area contributed by atoms with Gasteiger partial charge < -0.3 is 4.57 Å². The van der Waals surface area contributed by atoms with Crippen LogP contribution in [-0.2, 0) is 0 Å². The molecule has 0 saturated heterocycles. The Morgan fingerprint density at radius 3 is 2.22 bits per heavy atom. The second kappa shape index (κ2) is 7.92. The van der Waals surface area contributed by atoms with Crippen molar-refractivity contribution in [3.63, 3.8) is 0 Å². The molecule has 0 aliphatic rings. The van der Waals surface area contributed by atoms with Crippen LogP contribution in [0.4, 0.5) is 0 Å². The molecule has 0 unspecified atom stereocenters. The molecule has 37 heavy (non-hydrogen) atoms. The predicted octanol–water partition coefficient (Wildman–Crippen LogP) is 8.98. The van der Waals surface area contributed by atoms with Crippen molar-refractivity contribution in [2.24, 2.45) is 0 Å². The lowest BCUT2D eigenvalue weighted by Gasteiger charge is -2.08. The second-order valence-corrected chi connectivity index (χ2v) is 10.3. The molecule has 4 heteroatoms. The van der Waals surface area contributed by atoms with Crippen molar-refractivity contribution in [1.29, 1.82) is 0 Å². The number of aromatic nitrogens is 3. The predicted molar refractivity (Wildman–Crippen MR) is 156 cm³/mol. The van der Waals surface area contributed by atoms with Crippen molar-refractivity contribution < 1.29 is 0 Å². The highest BCUT2D eigenvalue weighted by atomic mass is 32.1. The normalized spacial score (nSPS) is 11.8. The van der Waals surface area contributed by atoms with Crippen LogP contribution in [0, 0.1) is 0 Å². The third kappa shape index (κ3) is 3.09. The van der Waals surface area contributed by atoms with Crippen molar-refractivity contribution in [3.05, 3.63) is 128 Å². The van der Waals surface area contributed by atoms with Crippen LogP contribution >= 0.6 is 11.3 Å². The highest BCUT2D eigenvalue weighted by molar-refractivity contribution is 7.23. The lowest BCUT2D eigenvalue weighted by Crippen LogP contribution is -1.92. The van der Waals surface area contributed by atoms with E-state index in [0.29, 0.717) is 0 Å². The molecule has 0 aliphatic carbocycles. The van der Waals surface area contributed by atoms with E-state index in [0.717, 1.165) is 16.2 Å². The monoisotopic (exact) mass is 491 g/mol. The largest absolute Gasteiger partial charge is 0.309 e. The number of nitrogens with zero attached hydrogens (tertiary/aromatic N) is 3. The standard InChI is InChI=1S/C33H21N3S/c1-3-10-22(11-4-1)28-21-35-32-25(15-9-17-31(32)37-33(35)34-28)23-18-19-30-27(20-23)26-14-7-8-16-29(26)36(30)24-12-5-2-6-13-24/h1-21H. The summed E-state index contributed by atoms with van der Waals surface area (Å²) >= 11 is 1.74. The topological polar surface area (TPSA) is 22.2 Å². The zero-order valence-corrected chi connectivity index (χ0v) is 20.7. The Bertz CT molecular complexity index is 2080. The van der Waals surface area contributed by atoms with Gasteiger partial charge in [-0.25, -0.2) is 4.98 Å². The van der Waals surface area contributed by atoms with E-state index in [4.69, 9.17) is 4.98 Å². The fourth-order valence-corrected chi connectivity index (χ4v) is 6.56. The Labute approximate surface area is 217 Å². The molecule has 8 rings (SSSR count). The van der Waals surface area contributed by atoms with Crippen molar-refractivity contribution in [1.82, 2.24) is 14.0 Å². The highest BCUT2D eigenvalue weighted by Crippen LogP contribution is 2.39. The van der Waals surface area contributed by atoms with Crippen molar-refractivity contribution in [3.8, 4) is 28.1 Å². The van der Waals surface area contributed by atoms with Gasteiger partial charge in [0.25, 0.3) is 0 Å². The molecule has 3 heterocycles. The summed E-state index contributed by atoms with van der Waals surface area (Å²) in [6.45, 7) is 0. The second-order valence-electron chi connectivity index (χ2n) is 9.32. The molecular weight excluding hydrogens is 470 g/mol. The average Bonchev–Trinajstić information content (AvgIpc) is 3.63. The zero-order valence-electron chi connectivity index (χ0n) is 19.9. The van der Waals surface area contributed by atoms with Gasteiger partial charge >= 0.3 is 0 Å². The Morgan fingerprint density at radius 2 is 1.35 bits per heavy atom. The van der Waals surface area contributed by atoms with Gasteiger partial charge in [0, 0.05) is 33.8 Å². The molecule has 0 aliphatic heterocycles. The van der Waals surface area contributed by atoms with Gasteiger partial charge in [0.05, 0.1) is 26.9 Å². The Balaban J connectivity index is 1.38. The summed E-state index contributed by atoms with van der Waals surface area (Å²) in [5, 5.41) is 2.52. The molecule has 3 nitrogen and oxygen atoms in total. The molecule has 174 valence electrons. The van der Waals surface area contributed by atoms with E-state index in [1.165, 1.54) is 48.8 Å². The summed E-state index contributed by atoms with van der Waals surface area (Å²) in [4.78, 5) is 5.98. The number of hydrogen-bond acceptors (Lipinski definition) is 2. The van der Waals surface area contributed by atoms with Crippen LogP contribution in [0.2, 0.25) is 0 Å². The van der Waals surface area contributed by atoms with Gasteiger partial charge in [-0.05, 0) is 42.0 Å². The minimum Gasteiger partial charge on any atom is -0.309 e. The molecule has 5 aromatic carbocycles. The van der Waals surface area contributed by atoms with E-state index in [1.54, 1.807) is 11.3 Å². The van der Waals surface area contributed by atoms with E-state index in [1.807, 2.05) is 6.07 Å². The third-order valence-electron chi connectivity index (χ3n) is 7.18. The van der Waals surface area contributed by atoms with Crippen molar-refractivity contribution in [2.75, 3.05) is 0 Å². The first-order valence-electron chi connectivity index (χ1n) is 12.4. The molecule has 0 saturated carbocycles. The number of imidazole rings is 1. The van der Waals surface area contributed by atoms with Gasteiger partial charge in [0.1, 0.15) is 0 Å². The molecule has 0 atom stereocenters. The molecule has 0 amide bonds. The summed E-state index contributed by atoms with van der Waals surface area (Å²) in [5.74, 6) is 0. The summed E-state index contributed by atoms with van der Waals surface area (Å²) in [6, 6.07) is 43.2. The molecule has 8 aromatic rings. The Hall–Kier alpha value is -4.67. The minimum absolute atomic E-state index is 1.00. The molecule has 0 bridgehead atoms. The third-order valence-corrected chi connectivity index (χ3v) is 8.20. The van der Waals surface area contributed by atoms with Gasteiger partial charge in [0.2, 0.25) is 0 Å². The number of fused-ring (bicyclic) bond motifs is 6. The average molecular weight is 492 g/mol. The molecule has 0 fully saturated rings. The van der Waals surface area contributed by atoms with Gasteiger partial charge in [-0.1, -0.05) is 96.3 Å². The lowest BCUT2D eigenvalue weighted by atomic mass is 10.0. The molecule has 0 radical (unpaired) electrons. The van der Waals surface area contributed by atoms with Crippen molar-refractivity contribution in [2.45, 2.75) is 0 Å². The summed E-state index contributed by atoms with van der Waals surface area (Å²) in [7, 11) is 0. The zero-order chi connectivity index (χ0) is 24.3. The van der Waals surface area contributed by atoms with E-state index in [-0.39, 0.29) is 0 Å². The van der Waals surface area contributed by atoms with Crippen LogP contribution in [0.5, 0.6) is 0 Å². The first kappa shape index (κ1) is 20.5. The fourth-order valence-electron chi connectivity index (χ4n) is 5.52. The van der Waals surface area contributed by atoms with Gasteiger partial charge in [-0.15, -0.1) is 0 Å². The summed E-state index contributed by atoms with van der Waals surface area (Å²) < 4.78 is 5.86. The quantitative estimate of drug-likeness (QED) is 0.242. The Morgan fingerprint density at radius 1 is 0.595 bits per heavy atom. The molecule has 3 aromatic heterocycles. The number of thiazole rings is 1. The number of rotatable bonds is 3. The van der Waals surface area contributed by atoms with Crippen LogP contribution in [0.15, 0.2) is 128 Å². The van der Waals surface area contributed by atoms with E-state index in [2.05, 4.69) is 130 Å². The molecule has 0 N–H and O–H groups in total. The van der Waals surface area contributed by atoms with Crippen LogP contribution in [-0.4, -0.2) is 14.0 Å². The first-order valence-corrected chi connectivity index (χ1v) is 13.2. The lowest BCUT2D eigenvalue weighted by molar-refractivity contribution is 1.18. The van der Waals surface area contributed by atoms with Crippen LogP contribution in [0.3, 0.4) is 0 Å². The maximum atomic E-state index is 4.96. The van der Waals surface area contributed by atoms with Gasteiger partial charge in [0.15, 0.2) is 4.96 Å². The van der Waals surface area contributed by atoms with E-state index >= 15 is 0 Å². The van der Waals surface area contributed by atoms with Gasteiger partial charge in [-0.3, -0.25) is 4.40 Å². The van der Waals surface area contributed by atoms with E-state index in [9.17, 15) is 0 Å². The number of hydrogen-bond donors (Lipinski definition) is 0. The maximum Gasteiger partial charge on any atom is 0.195 e. The number of para-hydroxylation sites is 3.